The summed E-state index contributed by atoms with van der Waals surface area (Å²) in [4.78, 5) is 14.1. The molecule has 0 aliphatic rings. The summed E-state index contributed by atoms with van der Waals surface area (Å²) in [6, 6.07) is 9.12. The number of hydrogen-bond acceptors (Lipinski definition) is 4. The SMILES string of the molecule is COc1cc(CCC(=O)N(C)c2ccc(Br)cc2Cl)cc(OC)c1OC. The molecule has 7 heteroatoms. The van der Waals surface area contributed by atoms with Gasteiger partial charge in [0.25, 0.3) is 0 Å². The van der Waals surface area contributed by atoms with Crippen LogP contribution in [0.5, 0.6) is 17.2 Å². The number of nitrogens with zero attached hydrogens (tertiary/aromatic N) is 1. The molecule has 0 aliphatic heterocycles. The van der Waals surface area contributed by atoms with E-state index in [1.165, 1.54) is 0 Å². The topological polar surface area (TPSA) is 48.0 Å². The summed E-state index contributed by atoms with van der Waals surface area (Å²) in [5, 5.41) is 0.517. The van der Waals surface area contributed by atoms with E-state index in [1.807, 2.05) is 24.3 Å². The normalized spacial score (nSPS) is 10.4. The van der Waals surface area contributed by atoms with Crippen LogP contribution in [0.3, 0.4) is 0 Å². The van der Waals surface area contributed by atoms with E-state index in [2.05, 4.69) is 15.9 Å². The second-order valence-corrected chi connectivity index (χ2v) is 6.90. The van der Waals surface area contributed by atoms with E-state index in [0.29, 0.717) is 40.8 Å². The maximum absolute atomic E-state index is 12.6. The summed E-state index contributed by atoms with van der Waals surface area (Å²) in [5.41, 5.74) is 1.59. The zero-order chi connectivity index (χ0) is 19.3. The van der Waals surface area contributed by atoms with Crippen molar-refractivity contribution in [2.24, 2.45) is 0 Å². The standard InChI is InChI=1S/C19H21BrClNO4/c1-22(15-7-6-13(20)11-14(15)21)18(23)8-5-12-9-16(24-2)19(26-4)17(10-12)25-3/h6-7,9-11H,5,8H2,1-4H3. The van der Waals surface area contributed by atoms with Gasteiger partial charge in [-0.25, -0.2) is 0 Å². The van der Waals surface area contributed by atoms with E-state index in [1.54, 1.807) is 39.3 Å². The van der Waals surface area contributed by atoms with Gasteiger partial charge in [0, 0.05) is 17.9 Å². The lowest BCUT2D eigenvalue weighted by molar-refractivity contribution is -0.118. The van der Waals surface area contributed by atoms with Crippen molar-refractivity contribution in [3.05, 3.63) is 45.4 Å². The van der Waals surface area contributed by atoms with Crippen molar-refractivity contribution in [1.29, 1.82) is 0 Å². The Morgan fingerprint density at radius 3 is 2.19 bits per heavy atom. The van der Waals surface area contributed by atoms with E-state index in [9.17, 15) is 4.79 Å². The first kappa shape index (κ1) is 20.4. The first-order valence-corrected chi connectivity index (χ1v) is 9.08. The van der Waals surface area contributed by atoms with Crippen molar-refractivity contribution >= 4 is 39.1 Å². The molecule has 0 saturated carbocycles. The molecule has 5 nitrogen and oxygen atoms in total. The van der Waals surface area contributed by atoms with Crippen molar-refractivity contribution in [1.82, 2.24) is 0 Å². The molecule has 0 aliphatic carbocycles. The number of amides is 1. The Kier molecular flexibility index (Phi) is 7.17. The second kappa shape index (κ2) is 9.14. The quantitative estimate of drug-likeness (QED) is 0.622. The predicted molar refractivity (Wildman–Crippen MR) is 107 cm³/mol. The van der Waals surface area contributed by atoms with Crippen LogP contribution in [-0.2, 0) is 11.2 Å². The van der Waals surface area contributed by atoms with E-state index < -0.39 is 0 Å². The van der Waals surface area contributed by atoms with Gasteiger partial charge in [-0.1, -0.05) is 27.5 Å². The monoisotopic (exact) mass is 441 g/mol. The number of ether oxygens (including phenoxy) is 3. The molecule has 2 aromatic rings. The lowest BCUT2D eigenvalue weighted by Gasteiger charge is -2.19. The third-order valence-corrected chi connectivity index (χ3v) is 4.79. The number of aryl methyl sites for hydroxylation is 1. The van der Waals surface area contributed by atoms with Gasteiger partial charge in [0.05, 0.1) is 32.0 Å². The minimum atomic E-state index is -0.0389. The van der Waals surface area contributed by atoms with Crippen LogP contribution < -0.4 is 19.1 Å². The molecule has 0 radical (unpaired) electrons. The molecule has 2 aromatic carbocycles. The van der Waals surface area contributed by atoms with Gasteiger partial charge in [-0.3, -0.25) is 4.79 Å². The molecule has 0 N–H and O–H groups in total. The fraction of sp³-hybridized carbons (Fsp3) is 0.316. The van der Waals surface area contributed by atoms with Crippen LogP contribution in [0, 0.1) is 0 Å². The zero-order valence-corrected chi connectivity index (χ0v) is 17.5. The van der Waals surface area contributed by atoms with Gasteiger partial charge >= 0.3 is 0 Å². The Hall–Kier alpha value is -1.92. The second-order valence-electron chi connectivity index (χ2n) is 5.58. The van der Waals surface area contributed by atoms with Crippen molar-refractivity contribution in [3.8, 4) is 17.2 Å². The van der Waals surface area contributed by atoms with Crippen LogP contribution >= 0.6 is 27.5 Å². The van der Waals surface area contributed by atoms with E-state index in [4.69, 9.17) is 25.8 Å². The molecule has 0 spiro atoms. The van der Waals surface area contributed by atoms with Gasteiger partial charge < -0.3 is 19.1 Å². The van der Waals surface area contributed by atoms with Gasteiger partial charge in [0.15, 0.2) is 11.5 Å². The smallest absolute Gasteiger partial charge is 0.227 e. The molecule has 2 rings (SSSR count). The van der Waals surface area contributed by atoms with Gasteiger partial charge in [-0.05, 0) is 42.3 Å². The molecule has 0 unspecified atom stereocenters. The number of carbonyl (C=O) groups is 1. The minimum Gasteiger partial charge on any atom is -0.493 e. The van der Waals surface area contributed by atoms with Crippen LogP contribution in [-0.4, -0.2) is 34.3 Å². The number of benzene rings is 2. The van der Waals surface area contributed by atoms with Gasteiger partial charge in [-0.15, -0.1) is 0 Å². The van der Waals surface area contributed by atoms with E-state index >= 15 is 0 Å². The number of hydrogen-bond donors (Lipinski definition) is 0. The molecule has 140 valence electrons. The highest BCUT2D eigenvalue weighted by Gasteiger charge is 2.17. The molecule has 0 fully saturated rings. The average molecular weight is 443 g/mol. The fourth-order valence-electron chi connectivity index (χ4n) is 2.59. The summed E-state index contributed by atoms with van der Waals surface area (Å²) in [7, 11) is 6.40. The van der Waals surface area contributed by atoms with Crippen molar-refractivity contribution in [2.75, 3.05) is 33.3 Å². The lowest BCUT2D eigenvalue weighted by atomic mass is 10.1. The fourth-order valence-corrected chi connectivity index (χ4v) is 3.39. The van der Waals surface area contributed by atoms with Crippen molar-refractivity contribution < 1.29 is 19.0 Å². The molecule has 1 amide bonds. The summed E-state index contributed by atoms with van der Waals surface area (Å²) >= 11 is 9.59. The van der Waals surface area contributed by atoms with Crippen LogP contribution in [0.2, 0.25) is 5.02 Å². The molecular weight excluding hydrogens is 422 g/mol. The zero-order valence-electron chi connectivity index (χ0n) is 15.1. The van der Waals surface area contributed by atoms with Crippen LogP contribution in [0.25, 0.3) is 0 Å². The highest BCUT2D eigenvalue weighted by Crippen LogP contribution is 2.38. The number of rotatable bonds is 7. The molecule has 26 heavy (non-hydrogen) atoms. The Morgan fingerprint density at radius 1 is 1.08 bits per heavy atom. The first-order valence-electron chi connectivity index (χ1n) is 7.91. The summed E-state index contributed by atoms with van der Waals surface area (Å²) in [6.07, 6.45) is 0.857. The highest BCUT2D eigenvalue weighted by molar-refractivity contribution is 9.10. The molecule has 0 atom stereocenters. The third kappa shape index (κ3) is 4.62. The predicted octanol–water partition coefficient (Wildman–Crippen LogP) is 4.72. The van der Waals surface area contributed by atoms with Gasteiger partial charge in [0.1, 0.15) is 0 Å². The summed E-state index contributed by atoms with van der Waals surface area (Å²) in [6.45, 7) is 0. The summed E-state index contributed by atoms with van der Waals surface area (Å²) < 4.78 is 16.9. The Morgan fingerprint density at radius 2 is 1.69 bits per heavy atom. The van der Waals surface area contributed by atoms with Crippen LogP contribution in [0.4, 0.5) is 5.69 Å². The molecule has 0 aromatic heterocycles. The first-order chi connectivity index (χ1) is 12.4. The van der Waals surface area contributed by atoms with E-state index in [-0.39, 0.29) is 5.91 Å². The Balaban J connectivity index is 2.13. The molecule has 0 bridgehead atoms. The minimum absolute atomic E-state index is 0.0389. The van der Waals surface area contributed by atoms with Crippen LogP contribution in [0.15, 0.2) is 34.8 Å². The average Bonchev–Trinajstić information content (AvgIpc) is 2.64. The highest BCUT2D eigenvalue weighted by atomic mass is 79.9. The Bertz CT molecular complexity index is 772. The maximum atomic E-state index is 12.6. The van der Waals surface area contributed by atoms with Crippen molar-refractivity contribution in [3.63, 3.8) is 0 Å². The van der Waals surface area contributed by atoms with Crippen molar-refractivity contribution in [2.45, 2.75) is 12.8 Å². The molecule has 0 saturated heterocycles. The van der Waals surface area contributed by atoms with Gasteiger partial charge in [0.2, 0.25) is 11.7 Å². The van der Waals surface area contributed by atoms with E-state index in [0.717, 1.165) is 10.0 Å². The maximum Gasteiger partial charge on any atom is 0.227 e. The third-order valence-electron chi connectivity index (χ3n) is 4.00. The summed E-state index contributed by atoms with van der Waals surface area (Å²) in [5.74, 6) is 1.63. The molecular formula is C19H21BrClNO4. The number of halogens is 2. The van der Waals surface area contributed by atoms with Gasteiger partial charge in [-0.2, -0.15) is 0 Å². The number of anilines is 1. The largest absolute Gasteiger partial charge is 0.493 e. The molecule has 0 heterocycles. The Labute approximate surface area is 166 Å². The van der Waals surface area contributed by atoms with Crippen LogP contribution in [0.1, 0.15) is 12.0 Å². The number of methoxy groups -OCH3 is 3. The lowest BCUT2D eigenvalue weighted by Crippen LogP contribution is -2.26. The number of carbonyl (C=O) groups excluding carboxylic acids is 1.